The summed E-state index contributed by atoms with van der Waals surface area (Å²) in [6, 6.07) is 14.5. The Morgan fingerprint density at radius 1 is 1.03 bits per heavy atom. The number of aromatic nitrogens is 2. The second-order valence-electron chi connectivity index (χ2n) is 7.85. The second-order valence-corrected chi connectivity index (χ2v) is 7.85. The molecule has 1 fully saturated rings. The van der Waals surface area contributed by atoms with Crippen LogP contribution in [-0.2, 0) is 0 Å². The van der Waals surface area contributed by atoms with Crippen molar-refractivity contribution in [2.24, 2.45) is 17.6 Å². The summed E-state index contributed by atoms with van der Waals surface area (Å²) < 4.78 is 13.4. The highest BCUT2D eigenvalue weighted by Gasteiger charge is 2.21. The fourth-order valence-corrected chi connectivity index (χ4v) is 4.13. The summed E-state index contributed by atoms with van der Waals surface area (Å²) in [6.07, 6.45) is 8.58. The van der Waals surface area contributed by atoms with Gasteiger partial charge in [-0.15, -0.1) is 0 Å². The Bertz CT molecular complexity index is 1000. The Morgan fingerprint density at radius 2 is 1.90 bits per heavy atom. The Hall–Kier alpha value is -2.79. The van der Waals surface area contributed by atoms with E-state index in [0.29, 0.717) is 17.7 Å². The fourth-order valence-electron chi connectivity index (χ4n) is 4.13. The number of para-hydroxylation sites is 1. The lowest BCUT2D eigenvalue weighted by Crippen LogP contribution is -2.26. The Labute approximate surface area is 171 Å². The Balaban J connectivity index is 1.56. The zero-order chi connectivity index (χ0) is 20.1. The van der Waals surface area contributed by atoms with Gasteiger partial charge in [0.25, 0.3) is 0 Å². The highest BCUT2D eigenvalue weighted by molar-refractivity contribution is 5.90. The monoisotopic (exact) mass is 390 g/mol. The van der Waals surface area contributed by atoms with Crippen molar-refractivity contribution in [3.63, 3.8) is 0 Å². The summed E-state index contributed by atoms with van der Waals surface area (Å²) in [4.78, 5) is 9.38. The minimum Gasteiger partial charge on any atom is -0.369 e. The van der Waals surface area contributed by atoms with E-state index in [4.69, 9.17) is 10.7 Å². The van der Waals surface area contributed by atoms with Crippen LogP contribution < -0.4 is 11.1 Å². The van der Waals surface area contributed by atoms with Crippen LogP contribution in [0.3, 0.4) is 0 Å². The third-order valence-electron chi connectivity index (χ3n) is 5.68. The van der Waals surface area contributed by atoms with Crippen molar-refractivity contribution in [2.45, 2.75) is 25.7 Å². The molecule has 1 aliphatic rings. The molecule has 0 bridgehead atoms. The molecule has 29 heavy (non-hydrogen) atoms. The van der Waals surface area contributed by atoms with E-state index in [1.165, 1.54) is 37.8 Å². The molecule has 150 valence electrons. The number of hydrogen-bond donors (Lipinski definition) is 2. The van der Waals surface area contributed by atoms with Crippen molar-refractivity contribution in [1.82, 2.24) is 9.97 Å². The van der Waals surface area contributed by atoms with Crippen LogP contribution in [0.25, 0.3) is 23.1 Å². The molecule has 4 rings (SSSR count). The van der Waals surface area contributed by atoms with E-state index in [1.807, 2.05) is 42.5 Å². The normalized spacial score (nSPS) is 19.7. The molecule has 0 amide bonds. The first kappa shape index (κ1) is 19.5. The summed E-state index contributed by atoms with van der Waals surface area (Å²) in [5, 5.41) is 4.58. The van der Waals surface area contributed by atoms with Crippen molar-refractivity contribution in [2.75, 3.05) is 18.4 Å². The number of nitrogens with two attached hydrogens (primary N) is 1. The molecule has 4 nitrogen and oxygen atoms in total. The van der Waals surface area contributed by atoms with Crippen molar-refractivity contribution < 1.29 is 4.39 Å². The van der Waals surface area contributed by atoms with Crippen LogP contribution in [0.5, 0.6) is 0 Å². The average molecular weight is 391 g/mol. The van der Waals surface area contributed by atoms with Gasteiger partial charge < -0.3 is 11.1 Å². The maximum Gasteiger partial charge on any atom is 0.154 e. The number of anilines is 1. The van der Waals surface area contributed by atoms with Gasteiger partial charge in [-0.2, -0.15) is 0 Å². The number of nitrogens with one attached hydrogen (secondary N) is 1. The smallest absolute Gasteiger partial charge is 0.154 e. The standard InChI is InChI=1S/C24H27FN4/c25-20-8-4-5-17(14-20)11-12-23-28-22-10-2-1-9-21(22)24(29-23)27-16-19-7-3-6-18(13-19)15-26/h1-2,4-5,8-12,14,18-19H,3,6-7,13,15-16,26H2,(H,27,28,29)/b12-11+. The van der Waals surface area contributed by atoms with E-state index in [0.717, 1.165) is 35.4 Å². The minimum absolute atomic E-state index is 0.253. The van der Waals surface area contributed by atoms with Crippen molar-refractivity contribution in [3.05, 3.63) is 65.7 Å². The molecule has 2 atom stereocenters. The van der Waals surface area contributed by atoms with E-state index in [9.17, 15) is 4.39 Å². The quantitative estimate of drug-likeness (QED) is 0.613. The molecule has 0 saturated heterocycles. The van der Waals surface area contributed by atoms with Crippen molar-refractivity contribution >= 4 is 28.9 Å². The van der Waals surface area contributed by atoms with Gasteiger partial charge in [-0.1, -0.05) is 36.8 Å². The molecular formula is C24H27FN4. The molecule has 1 saturated carbocycles. The number of benzene rings is 2. The molecule has 5 heteroatoms. The molecule has 2 unspecified atom stereocenters. The van der Waals surface area contributed by atoms with Gasteiger partial charge in [0, 0.05) is 11.9 Å². The lowest BCUT2D eigenvalue weighted by Gasteiger charge is -2.28. The molecule has 0 aliphatic heterocycles. The lowest BCUT2D eigenvalue weighted by atomic mass is 9.81. The van der Waals surface area contributed by atoms with Gasteiger partial charge in [0.2, 0.25) is 0 Å². The zero-order valence-corrected chi connectivity index (χ0v) is 16.5. The lowest BCUT2D eigenvalue weighted by molar-refractivity contribution is 0.281. The molecule has 3 N–H and O–H groups in total. The van der Waals surface area contributed by atoms with Crippen molar-refractivity contribution in [3.8, 4) is 0 Å². The van der Waals surface area contributed by atoms with Gasteiger partial charge in [-0.25, -0.2) is 14.4 Å². The third-order valence-corrected chi connectivity index (χ3v) is 5.68. The topological polar surface area (TPSA) is 63.8 Å². The first-order chi connectivity index (χ1) is 14.2. The third kappa shape index (κ3) is 4.98. The Morgan fingerprint density at radius 3 is 2.76 bits per heavy atom. The maximum atomic E-state index is 13.4. The molecule has 3 aromatic rings. The van der Waals surface area contributed by atoms with Crippen LogP contribution in [0.2, 0.25) is 0 Å². The molecule has 1 aromatic heterocycles. The molecular weight excluding hydrogens is 363 g/mol. The van der Waals surface area contributed by atoms with Crippen LogP contribution in [0.15, 0.2) is 48.5 Å². The maximum absolute atomic E-state index is 13.4. The number of rotatable bonds is 6. The van der Waals surface area contributed by atoms with Gasteiger partial charge in [-0.3, -0.25) is 0 Å². The summed E-state index contributed by atoms with van der Waals surface area (Å²) in [5.74, 6) is 2.47. The number of fused-ring (bicyclic) bond motifs is 1. The number of hydrogen-bond acceptors (Lipinski definition) is 4. The summed E-state index contributed by atoms with van der Waals surface area (Å²) in [5.41, 5.74) is 7.56. The summed E-state index contributed by atoms with van der Waals surface area (Å²) in [7, 11) is 0. The second kappa shape index (κ2) is 9.14. The van der Waals surface area contributed by atoms with Crippen LogP contribution in [0, 0.1) is 17.7 Å². The number of halogens is 1. The molecule has 1 aliphatic carbocycles. The molecule has 0 spiro atoms. The van der Waals surface area contributed by atoms with Crippen LogP contribution in [0.1, 0.15) is 37.1 Å². The zero-order valence-electron chi connectivity index (χ0n) is 16.5. The first-order valence-electron chi connectivity index (χ1n) is 10.4. The van der Waals surface area contributed by atoms with E-state index in [1.54, 1.807) is 6.07 Å². The van der Waals surface area contributed by atoms with E-state index in [-0.39, 0.29) is 5.82 Å². The van der Waals surface area contributed by atoms with Gasteiger partial charge in [-0.05, 0) is 73.5 Å². The summed E-state index contributed by atoms with van der Waals surface area (Å²) >= 11 is 0. The highest BCUT2D eigenvalue weighted by atomic mass is 19.1. The molecule has 0 radical (unpaired) electrons. The molecule has 1 heterocycles. The average Bonchev–Trinajstić information content (AvgIpc) is 2.76. The van der Waals surface area contributed by atoms with Crippen LogP contribution in [-0.4, -0.2) is 23.1 Å². The largest absolute Gasteiger partial charge is 0.369 e. The van der Waals surface area contributed by atoms with Gasteiger partial charge in [0.05, 0.1) is 5.52 Å². The van der Waals surface area contributed by atoms with Crippen LogP contribution >= 0.6 is 0 Å². The predicted molar refractivity (Wildman–Crippen MR) is 118 cm³/mol. The van der Waals surface area contributed by atoms with E-state index >= 15 is 0 Å². The highest BCUT2D eigenvalue weighted by Crippen LogP contribution is 2.29. The predicted octanol–water partition coefficient (Wildman–Crippen LogP) is 5.12. The number of nitrogens with zero attached hydrogens (tertiary/aromatic N) is 2. The SMILES string of the molecule is NCC1CCCC(CNc2nc(/C=C/c3cccc(F)c3)nc3ccccc23)C1. The van der Waals surface area contributed by atoms with Crippen molar-refractivity contribution in [1.29, 1.82) is 0 Å². The van der Waals surface area contributed by atoms with E-state index in [2.05, 4.69) is 10.3 Å². The fraction of sp³-hybridized carbons (Fsp3) is 0.333. The first-order valence-corrected chi connectivity index (χ1v) is 10.4. The van der Waals surface area contributed by atoms with Gasteiger partial charge >= 0.3 is 0 Å². The minimum atomic E-state index is -0.253. The summed E-state index contributed by atoms with van der Waals surface area (Å²) in [6.45, 7) is 1.67. The van der Waals surface area contributed by atoms with Gasteiger partial charge in [0.15, 0.2) is 5.82 Å². The van der Waals surface area contributed by atoms with Gasteiger partial charge in [0.1, 0.15) is 11.6 Å². The Kier molecular flexibility index (Phi) is 6.15. The van der Waals surface area contributed by atoms with E-state index < -0.39 is 0 Å². The van der Waals surface area contributed by atoms with Crippen LogP contribution in [0.4, 0.5) is 10.2 Å². The molecule has 2 aromatic carbocycles.